The Balaban J connectivity index is 1.97. The van der Waals surface area contributed by atoms with Crippen molar-refractivity contribution in [3.05, 3.63) is 54.1 Å². The SMILES string of the molecule is Cc1ccccc1SCC(N)c1cnccn1. The van der Waals surface area contributed by atoms with Gasteiger partial charge >= 0.3 is 0 Å². The fraction of sp³-hybridized carbons (Fsp3) is 0.231. The lowest BCUT2D eigenvalue weighted by atomic mass is 10.2. The number of hydrogen-bond donors (Lipinski definition) is 1. The van der Waals surface area contributed by atoms with Crippen LogP contribution in [-0.2, 0) is 0 Å². The Morgan fingerprint density at radius 2 is 2.12 bits per heavy atom. The van der Waals surface area contributed by atoms with E-state index in [0.29, 0.717) is 0 Å². The Hall–Kier alpha value is -1.39. The van der Waals surface area contributed by atoms with Gasteiger partial charge in [0, 0.05) is 29.2 Å². The van der Waals surface area contributed by atoms with Crippen LogP contribution in [0, 0.1) is 6.92 Å². The third kappa shape index (κ3) is 3.28. The smallest absolute Gasteiger partial charge is 0.0762 e. The van der Waals surface area contributed by atoms with Crippen LogP contribution in [0.4, 0.5) is 0 Å². The van der Waals surface area contributed by atoms with Crippen LogP contribution in [0.15, 0.2) is 47.8 Å². The van der Waals surface area contributed by atoms with Crippen molar-refractivity contribution in [3.63, 3.8) is 0 Å². The number of benzene rings is 1. The van der Waals surface area contributed by atoms with Crippen LogP contribution in [0.3, 0.4) is 0 Å². The van der Waals surface area contributed by atoms with Gasteiger partial charge in [-0.3, -0.25) is 9.97 Å². The number of thioether (sulfide) groups is 1. The topological polar surface area (TPSA) is 51.8 Å². The second-order valence-electron chi connectivity index (χ2n) is 3.81. The molecule has 4 heteroatoms. The Bertz CT molecular complexity index is 473. The maximum Gasteiger partial charge on any atom is 0.0762 e. The van der Waals surface area contributed by atoms with Crippen LogP contribution in [0.2, 0.25) is 0 Å². The zero-order valence-electron chi connectivity index (χ0n) is 9.71. The summed E-state index contributed by atoms with van der Waals surface area (Å²) >= 11 is 1.76. The van der Waals surface area contributed by atoms with Gasteiger partial charge in [0.15, 0.2) is 0 Å². The molecule has 0 fully saturated rings. The number of aryl methyl sites for hydroxylation is 1. The van der Waals surface area contributed by atoms with Crippen LogP contribution in [0.5, 0.6) is 0 Å². The molecule has 0 bridgehead atoms. The fourth-order valence-electron chi connectivity index (χ4n) is 1.49. The highest BCUT2D eigenvalue weighted by Crippen LogP contribution is 2.25. The van der Waals surface area contributed by atoms with E-state index in [1.807, 2.05) is 12.1 Å². The Morgan fingerprint density at radius 3 is 2.82 bits per heavy atom. The zero-order chi connectivity index (χ0) is 12.1. The molecule has 0 saturated heterocycles. The molecule has 0 amide bonds. The summed E-state index contributed by atoms with van der Waals surface area (Å²) in [7, 11) is 0. The van der Waals surface area contributed by atoms with Crippen molar-refractivity contribution >= 4 is 11.8 Å². The molecular formula is C13H15N3S. The average molecular weight is 245 g/mol. The lowest BCUT2D eigenvalue weighted by molar-refractivity contribution is 0.783. The molecule has 88 valence electrons. The number of nitrogens with zero attached hydrogens (tertiary/aromatic N) is 2. The van der Waals surface area contributed by atoms with Gasteiger partial charge in [-0.15, -0.1) is 11.8 Å². The van der Waals surface area contributed by atoms with Crippen molar-refractivity contribution in [2.75, 3.05) is 5.75 Å². The van der Waals surface area contributed by atoms with Gasteiger partial charge in [-0.05, 0) is 18.6 Å². The lowest BCUT2D eigenvalue weighted by Gasteiger charge is -2.11. The molecule has 0 aliphatic heterocycles. The van der Waals surface area contributed by atoms with Gasteiger partial charge in [0.1, 0.15) is 0 Å². The van der Waals surface area contributed by atoms with Crippen LogP contribution in [0.1, 0.15) is 17.3 Å². The Kier molecular flexibility index (Phi) is 4.12. The second-order valence-corrected chi connectivity index (χ2v) is 4.88. The molecule has 1 aromatic carbocycles. The van der Waals surface area contributed by atoms with E-state index in [1.165, 1.54) is 10.5 Å². The molecule has 0 aliphatic rings. The minimum Gasteiger partial charge on any atom is -0.322 e. The van der Waals surface area contributed by atoms with Crippen molar-refractivity contribution in [1.82, 2.24) is 9.97 Å². The standard InChI is InChI=1S/C13H15N3S/c1-10-4-2-3-5-13(10)17-9-11(14)12-8-15-6-7-16-12/h2-8,11H,9,14H2,1H3. The van der Waals surface area contributed by atoms with Gasteiger partial charge < -0.3 is 5.73 Å². The maximum absolute atomic E-state index is 6.07. The predicted molar refractivity (Wildman–Crippen MR) is 70.9 cm³/mol. The third-order valence-electron chi connectivity index (χ3n) is 2.48. The number of aromatic nitrogens is 2. The number of nitrogens with two attached hydrogens (primary N) is 1. The van der Waals surface area contributed by atoms with Crippen LogP contribution in [-0.4, -0.2) is 15.7 Å². The van der Waals surface area contributed by atoms with Gasteiger partial charge in [-0.1, -0.05) is 18.2 Å². The summed E-state index contributed by atoms with van der Waals surface area (Å²) in [5.41, 5.74) is 8.19. The monoisotopic (exact) mass is 245 g/mol. The summed E-state index contributed by atoms with van der Waals surface area (Å²) in [6, 6.07) is 8.23. The zero-order valence-corrected chi connectivity index (χ0v) is 10.5. The summed E-state index contributed by atoms with van der Waals surface area (Å²) in [6.45, 7) is 2.11. The summed E-state index contributed by atoms with van der Waals surface area (Å²) < 4.78 is 0. The van der Waals surface area contributed by atoms with E-state index in [0.717, 1.165) is 11.4 Å². The van der Waals surface area contributed by atoms with Crippen molar-refractivity contribution < 1.29 is 0 Å². The Labute approximate surface area is 105 Å². The third-order valence-corrected chi connectivity index (χ3v) is 3.77. The van der Waals surface area contributed by atoms with Crippen LogP contribution in [0.25, 0.3) is 0 Å². The van der Waals surface area contributed by atoms with E-state index in [2.05, 4.69) is 29.0 Å². The molecule has 17 heavy (non-hydrogen) atoms. The highest BCUT2D eigenvalue weighted by atomic mass is 32.2. The first kappa shape index (κ1) is 12.1. The molecule has 0 radical (unpaired) electrons. The maximum atomic E-state index is 6.07. The minimum absolute atomic E-state index is 0.0756. The van der Waals surface area contributed by atoms with Crippen LogP contribution < -0.4 is 5.73 Å². The summed E-state index contributed by atoms with van der Waals surface area (Å²) in [5, 5.41) is 0. The molecule has 0 aliphatic carbocycles. The first-order valence-corrected chi connectivity index (χ1v) is 6.46. The molecule has 2 N–H and O–H groups in total. The van der Waals surface area contributed by atoms with E-state index in [4.69, 9.17) is 5.73 Å². The molecule has 0 spiro atoms. The van der Waals surface area contributed by atoms with Gasteiger partial charge in [-0.2, -0.15) is 0 Å². The Morgan fingerprint density at radius 1 is 1.29 bits per heavy atom. The highest BCUT2D eigenvalue weighted by molar-refractivity contribution is 7.99. The summed E-state index contributed by atoms with van der Waals surface area (Å²) in [4.78, 5) is 9.51. The first-order valence-electron chi connectivity index (χ1n) is 5.47. The van der Waals surface area contributed by atoms with Gasteiger partial charge in [0.2, 0.25) is 0 Å². The molecular weight excluding hydrogens is 230 g/mol. The predicted octanol–water partition coefficient (Wildman–Crippen LogP) is 2.58. The molecule has 2 aromatic rings. The van der Waals surface area contributed by atoms with Crippen LogP contribution >= 0.6 is 11.8 Å². The van der Waals surface area contributed by atoms with Gasteiger partial charge in [0.05, 0.1) is 11.7 Å². The van der Waals surface area contributed by atoms with E-state index < -0.39 is 0 Å². The van der Waals surface area contributed by atoms with Crippen molar-refractivity contribution in [3.8, 4) is 0 Å². The van der Waals surface area contributed by atoms with Crippen molar-refractivity contribution in [2.45, 2.75) is 17.9 Å². The normalized spacial score (nSPS) is 12.4. The molecule has 2 rings (SSSR count). The summed E-state index contributed by atoms with van der Waals surface area (Å²) in [6.07, 6.45) is 5.06. The van der Waals surface area contributed by atoms with Gasteiger partial charge in [0.25, 0.3) is 0 Å². The molecule has 3 nitrogen and oxygen atoms in total. The molecule has 0 saturated carbocycles. The average Bonchev–Trinajstić information content (AvgIpc) is 2.38. The van der Waals surface area contributed by atoms with E-state index in [1.54, 1.807) is 30.4 Å². The minimum atomic E-state index is -0.0756. The molecule has 1 heterocycles. The molecule has 1 unspecified atom stereocenters. The quantitative estimate of drug-likeness (QED) is 0.841. The van der Waals surface area contributed by atoms with Crippen molar-refractivity contribution in [1.29, 1.82) is 0 Å². The second kappa shape index (κ2) is 5.80. The first-order chi connectivity index (χ1) is 8.27. The van der Waals surface area contributed by atoms with E-state index >= 15 is 0 Å². The highest BCUT2D eigenvalue weighted by Gasteiger charge is 2.08. The van der Waals surface area contributed by atoms with Gasteiger partial charge in [-0.25, -0.2) is 0 Å². The van der Waals surface area contributed by atoms with Crippen molar-refractivity contribution in [2.24, 2.45) is 5.73 Å². The largest absolute Gasteiger partial charge is 0.322 e. The summed E-state index contributed by atoms with van der Waals surface area (Å²) in [5.74, 6) is 0.809. The molecule has 1 aromatic heterocycles. The number of hydrogen-bond acceptors (Lipinski definition) is 4. The van der Waals surface area contributed by atoms with E-state index in [-0.39, 0.29) is 6.04 Å². The number of rotatable bonds is 4. The fourth-order valence-corrected chi connectivity index (χ4v) is 2.49. The van der Waals surface area contributed by atoms with E-state index in [9.17, 15) is 0 Å². The lowest BCUT2D eigenvalue weighted by Crippen LogP contribution is -2.14. The molecule has 1 atom stereocenters.